The van der Waals surface area contributed by atoms with Crippen LogP contribution < -0.4 is 16.5 Å². The number of nitrogens with zero attached hydrogens (tertiary/aromatic N) is 2. The van der Waals surface area contributed by atoms with Crippen LogP contribution in [0.4, 0.5) is 0 Å². The number of ether oxygens (including phenoxy) is 1. The van der Waals surface area contributed by atoms with Gasteiger partial charge >= 0.3 is 5.69 Å². The summed E-state index contributed by atoms with van der Waals surface area (Å²) < 4.78 is 6.99. The summed E-state index contributed by atoms with van der Waals surface area (Å²) in [5, 5.41) is 7.23. The monoisotopic (exact) mass is 411 g/mol. The van der Waals surface area contributed by atoms with Crippen molar-refractivity contribution in [2.45, 2.75) is 30.6 Å². The first kappa shape index (κ1) is 19.5. The van der Waals surface area contributed by atoms with Gasteiger partial charge in [0.2, 0.25) is 5.91 Å². The molecule has 1 saturated heterocycles. The Kier molecular flexibility index (Phi) is 6.54. The molecular formula is C16H18ClN5O4S. The molecule has 2 aromatic rings. The Labute approximate surface area is 163 Å². The molecule has 3 N–H and O–H groups in total. The molecule has 1 aromatic heterocycles. The lowest BCUT2D eigenvalue weighted by molar-refractivity contribution is -0.119. The van der Waals surface area contributed by atoms with Gasteiger partial charge in [0.15, 0.2) is 5.16 Å². The summed E-state index contributed by atoms with van der Waals surface area (Å²) in [6.45, 7) is 1.09. The summed E-state index contributed by atoms with van der Waals surface area (Å²) in [6, 6.07) is 6.26. The van der Waals surface area contributed by atoms with Crippen molar-refractivity contribution < 1.29 is 14.3 Å². The van der Waals surface area contributed by atoms with E-state index in [-0.39, 0.29) is 17.5 Å². The first-order valence-corrected chi connectivity index (χ1v) is 9.63. The number of rotatable bonds is 6. The van der Waals surface area contributed by atoms with Crippen LogP contribution in [-0.2, 0) is 16.1 Å². The lowest BCUT2D eigenvalue weighted by atomic mass is 10.2. The van der Waals surface area contributed by atoms with Crippen LogP contribution >= 0.6 is 23.4 Å². The Morgan fingerprint density at radius 3 is 2.81 bits per heavy atom. The molecule has 1 aliphatic heterocycles. The van der Waals surface area contributed by atoms with Gasteiger partial charge in [-0.05, 0) is 37.1 Å². The summed E-state index contributed by atoms with van der Waals surface area (Å²) in [7, 11) is 0. The van der Waals surface area contributed by atoms with Gasteiger partial charge in [0.1, 0.15) is 0 Å². The highest BCUT2D eigenvalue weighted by atomic mass is 35.5. The Hall–Kier alpha value is -2.30. The number of hydrogen-bond donors (Lipinski definition) is 3. The summed E-state index contributed by atoms with van der Waals surface area (Å²) in [5.41, 5.74) is 4.67. The normalized spacial score (nSPS) is 16.3. The molecular weight excluding hydrogens is 394 g/mol. The number of hydrazine groups is 1. The second kappa shape index (κ2) is 9.07. The second-order valence-electron chi connectivity index (χ2n) is 5.85. The highest BCUT2D eigenvalue weighted by Crippen LogP contribution is 2.17. The van der Waals surface area contributed by atoms with E-state index >= 15 is 0 Å². The molecule has 1 aliphatic rings. The van der Waals surface area contributed by atoms with Gasteiger partial charge in [0.05, 0.1) is 18.4 Å². The minimum absolute atomic E-state index is 0.0171. The van der Waals surface area contributed by atoms with E-state index in [1.165, 1.54) is 4.57 Å². The molecule has 1 aromatic carbocycles. The number of aromatic amines is 1. The summed E-state index contributed by atoms with van der Waals surface area (Å²) in [6.07, 6.45) is 1.83. The molecule has 27 heavy (non-hydrogen) atoms. The van der Waals surface area contributed by atoms with Crippen LogP contribution in [0.15, 0.2) is 34.2 Å². The molecule has 0 saturated carbocycles. The van der Waals surface area contributed by atoms with Crippen LogP contribution in [0.25, 0.3) is 0 Å². The minimum Gasteiger partial charge on any atom is -0.376 e. The first-order chi connectivity index (χ1) is 13.0. The highest BCUT2D eigenvalue weighted by molar-refractivity contribution is 7.99. The van der Waals surface area contributed by atoms with E-state index in [9.17, 15) is 14.4 Å². The maximum absolute atomic E-state index is 12.0. The second-order valence-corrected chi connectivity index (χ2v) is 7.23. The van der Waals surface area contributed by atoms with E-state index in [2.05, 4.69) is 21.0 Å². The maximum atomic E-state index is 12.0. The third-order valence-corrected chi connectivity index (χ3v) is 5.12. The quantitative estimate of drug-likeness (QED) is 0.481. The molecule has 1 fully saturated rings. The molecule has 0 unspecified atom stereocenters. The molecule has 9 nitrogen and oxygen atoms in total. The molecule has 0 radical (unpaired) electrons. The van der Waals surface area contributed by atoms with Crippen molar-refractivity contribution in [2.75, 3.05) is 12.4 Å². The predicted molar refractivity (Wildman–Crippen MR) is 99.6 cm³/mol. The summed E-state index contributed by atoms with van der Waals surface area (Å²) in [5.74, 6) is -0.905. The Balaban J connectivity index is 1.48. The number of H-pyrrole nitrogens is 1. The van der Waals surface area contributed by atoms with Gasteiger partial charge in [0, 0.05) is 17.2 Å². The van der Waals surface area contributed by atoms with Gasteiger partial charge in [-0.2, -0.15) is 0 Å². The SMILES string of the molecule is O=C(CSc1n[nH]c(=O)n1C[C@@H]1CCCO1)NNC(=O)c1ccc(Cl)cc1. The van der Waals surface area contributed by atoms with E-state index in [0.717, 1.165) is 24.6 Å². The number of nitrogens with one attached hydrogen (secondary N) is 3. The zero-order chi connectivity index (χ0) is 19.2. The van der Waals surface area contributed by atoms with Crippen molar-refractivity contribution in [1.29, 1.82) is 0 Å². The third-order valence-electron chi connectivity index (χ3n) is 3.89. The van der Waals surface area contributed by atoms with Gasteiger partial charge in [-0.15, -0.1) is 5.10 Å². The molecule has 3 rings (SSSR count). The minimum atomic E-state index is -0.458. The van der Waals surface area contributed by atoms with Crippen LogP contribution in [0.2, 0.25) is 5.02 Å². The van der Waals surface area contributed by atoms with Crippen LogP contribution in [0.5, 0.6) is 0 Å². The van der Waals surface area contributed by atoms with E-state index in [1.807, 2.05) is 0 Å². The first-order valence-electron chi connectivity index (χ1n) is 8.27. The zero-order valence-corrected chi connectivity index (χ0v) is 15.8. The number of halogens is 1. The van der Waals surface area contributed by atoms with E-state index in [4.69, 9.17) is 16.3 Å². The number of hydrogen-bond acceptors (Lipinski definition) is 6. The third kappa shape index (κ3) is 5.34. The molecule has 0 aliphatic carbocycles. The van der Waals surface area contributed by atoms with Crippen molar-refractivity contribution in [2.24, 2.45) is 0 Å². The number of carbonyl (C=O) groups excluding carboxylic acids is 2. The van der Waals surface area contributed by atoms with Crippen molar-refractivity contribution >= 4 is 35.2 Å². The average molecular weight is 412 g/mol. The van der Waals surface area contributed by atoms with Crippen LogP contribution in [0.3, 0.4) is 0 Å². The van der Waals surface area contributed by atoms with Crippen molar-refractivity contribution in [3.63, 3.8) is 0 Å². The number of thioether (sulfide) groups is 1. The Morgan fingerprint density at radius 2 is 2.11 bits per heavy atom. The van der Waals surface area contributed by atoms with Gasteiger partial charge in [-0.1, -0.05) is 23.4 Å². The molecule has 11 heteroatoms. The number of amides is 2. The summed E-state index contributed by atoms with van der Waals surface area (Å²) in [4.78, 5) is 35.8. The number of benzene rings is 1. The molecule has 0 bridgehead atoms. The van der Waals surface area contributed by atoms with Gasteiger partial charge in [0.25, 0.3) is 5.91 Å². The number of carbonyl (C=O) groups is 2. The molecule has 2 amide bonds. The van der Waals surface area contributed by atoms with Crippen molar-refractivity contribution in [1.82, 2.24) is 25.6 Å². The average Bonchev–Trinajstić information content (AvgIpc) is 3.30. The van der Waals surface area contributed by atoms with E-state index in [0.29, 0.717) is 28.9 Å². The lowest BCUT2D eigenvalue weighted by Gasteiger charge is -2.11. The topological polar surface area (TPSA) is 118 Å². The van der Waals surface area contributed by atoms with E-state index in [1.54, 1.807) is 24.3 Å². The fourth-order valence-corrected chi connectivity index (χ4v) is 3.41. The van der Waals surface area contributed by atoms with Gasteiger partial charge < -0.3 is 4.74 Å². The lowest BCUT2D eigenvalue weighted by Crippen LogP contribution is -2.42. The van der Waals surface area contributed by atoms with Gasteiger partial charge in [-0.3, -0.25) is 25.0 Å². The van der Waals surface area contributed by atoms with Crippen molar-refractivity contribution in [3.8, 4) is 0 Å². The predicted octanol–water partition coefficient (Wildman–Crippen LogP) is 0.957. The molecule has 144 valence electrons. The maximum Gasteiger partial charge on any atom is 0.344 e. The zero-order valence-electron chi connectivity index (χ0n) is 14.2. The van der Waals surface area contributed by atoms with Crippen LogP contribution in [-0.4, -0.2) is 45.0 Å². The Bertz CT molecular complexity index is 860. The van der Waals surface area contributed by atoms with Crippen LogP contribution in [0, 0.1) is 0 Å². The molecule has 0 spiro atoms. The van der Waals surface area contributed by atoms with E-state index < -0.39 is 11.8 Å². The Morgan fingerprint density at radius 1 is 1.33 bits per heavy atom. The fraction of sp³-hybridized carbons (Fsp3) is 0.375. The fourth-order valence-electron chi connectivity index (χ4n) is 2.53. The standard InChI is InChI=1S/C16H18ClN5O4S/c17-11-5-3-10(4-6-11)14(24)19-18-13(23)9-27-16-21-20-15(25)22(16)8-12-2-1-7-26-12/h3-6,12H,1-2,7-9H2,(H,18,23)(H,19,24)(H,20,25)/t12-/m0/s1. The number of aromatic nitrogens is 3. The molecule has 1 atom stereocenters. The highest BCUT2D eigenvalue weighted by Gasteiger charge is 2.20. The van der Waals surface area contributed by atoms with Crippen LogP contribution in [0.1, 0.15) is 23.2 Å². The van der Waals surface area contributed by atoms with Gasteiger partial charge in [-0.25, -0.2) is 9.89 Å². The van der Waals surface area contributed by atoms with Crippen molar-refractivity contribution in [3.05, 3.63) is 45.3 Å². The summed E-state index contributed by atoms with van der Waals surface area (Å²) >= 11 is 6.86. The smallest absolute Gasteiger partial charge is 0.344 e. The largest absolute Gasteiger partial charge is 0.376 e. The molecule has 2 heterocycles.